The molecular formula is C15H19N3O. The minimum atomic E-state index is 0.239. The molecule has 0 aliphatic heterocycles. The molecule has 0 fully saturated rings. The Bertz CT molecular complexity index is 558. The van der Waals surface area contributed by atoms with Crippen LogP contribution in [0.15, 0.2) is 36.7 Å². The van der Waals surface area contributed by atoms with Gasteiger partial charge in [-0.25, -0.2) is 9.67 Å². The summed E-state index contributed by atoms with van der Waals surface area (Å²) in [5.74, 6) is 0.734. The van der Waals surface area contributed by atoms with E-state index in [2.05, 4.69) is 29.1 Å². The molecule has 4 nitrogen and oxygen atoms in total. The Morgan fingerprint density at radius 2 is 2.21 bits per heavy atom. The number of hydrogen-bond donors (Lipinski definition) is 0. The summed E-state index contributed by atoms with van der Waals surface area (Å²) in [5, 5.41) is 4.40. The van der Waals surface area contributed by atoms with Gasteiger partial charge in [0.05, 0.1) is 12.7 Å². The van der Waals surface area contributed by atoms with Crippen molar-refractivity contribution in [3.05, 3.63) is 42.2 Å². The van der Waals surface area contributed by atoms with Crippen LogP contribution in [0.25, 0.3) is 17.6 Å². The third kappa shape index (κ3) is 4.03. The Balaban J connectivity index is 2.03. The molecule has 0 spiro atoms. The first-order valence-electron chi connectivity index (χ1n) is 6.41. The SMILES string of the molecule is Cc1cccc(-c2ncn(/C=C\COC(C)C)n2)c1. The zero-order valence-corrected chi connectivity index (χ0v) is 11.6. The van der Waals surface area contributed by atoms with Crippen molar-refractivity contribution < 1.29 is 4.74 Å². The minimum Gasteiger partial charge on any atom is -0.375 e. The number of hydrogen-bond acceptors (Lipinski definition) is 3. The van der Waals surface area contributed by atoms with Crippen LogP contribution in [0.1, 0.15) is 19.4 Å². The molecule has 0 N–H and O–H groups in total. The van der Waals surface area contributed by atoms with Gasteiger partial charge in [-0.1, -0.05) is 23.8 Å². The van der Waals surface area contributed by atoms with Gasteiger partial charge in [0.15, 0.2) is 5.82 Å². The van der Waals surface area contributed by atoms with E-state index < -0.39 is 0 Å². The number of nitrogens with zero attached hydrogens (tertiary/aromatic N) is 3. The van der Waals surface area contributed by atoms with Crippen molar-refractivity contribution in [1.82, 2.24) is 14.8 Å². The molecule has 2 aromatic rings. The molecule has 0 saturated heterocycles. The van der Waals surface area contributed by atoms with E-state index in [9.17, 15) is 0 Å². The van der Waals surface area contributed by atoms with Gasteiger partial charge >= 0.3 is 0 Å². The van der Waals surface area contributed by atoms with Crippen molar-refractivity contribution in [3.63, 3.8) is 0 Å². The summed E-state index contributed by atoms with van der Waals surface area (Å²) in [6.07, 6.45) is 5.72. The van der Waals surface area contributed by atoms with E-state index in [0.29, 0.717) is 6.61 Å². The van der Waals surface area contributed by atoms with Crippen molar-refractivity contribution in [2.75, 3.05) is 6.61 Å². The molecule has 100 valence electrons. The molecule has 0 radical (unpaired) electrons. The average Bonchev–Trinajstić information content (AvgIpc) is 2.83. The second-order valence-electron chi connectivity index (χ2n) is 4.68. The van der Waals surface area contributed by atoms with Crippen LogP contribution in [-0.2, 0) is 4.74 Å². The highest BCUT2D eigenvalue weighted by Crippen LogP contribution is 2.15. The fraction of sp³-hybridized carbons (Fsp3) is 0.333. The Hall–Kier alpha value is -1.94. The lowest BCUT2D eigenvalue weighted by Gasteiger charge is -2.02. The highest BCUT2D eigenvalue weighted by atomic mass is 16.5. The lowest BCUT2D eigenvalue weighted by molar-refractivity contribution is 0.103. The summed E-state index contributed by atoms with van der Waals surface area (Å²) < 4.78 is 7.12. The molecule has 19 heavy (non-hydrogen) atoms. The maximum absolute atomic E-state index is 5.42. The number of benzene rings is 1. The second-order valence-corrected chi connectivity index (χ2v) is 4.68. The van der Waals surface area contributed by atoms with E-state index in [0.717, 1.165) is 11.4 Å². The predicted octanol–water partition coefficient (Wildman–Crippen LogP) is 3.15. The molecule has 0 bridgehead atoms. The van der Waals surface area contributed by atoms with Crippen molar-refractivity contribution >= 4 is 6.20 Å². The van der Waals surface area contributed by atoms with Crippen molar-refractivity contribution in [3.8, 4) is 11.4 Å². The van der Waals surface area contributed by atoms with Gasteiger partial charge in [0.1, 0.15) is 6.33 Å². The molecule has 2 rings (SSSR count). The molecule has 1 heterocycles. The summed E-state index contributed by atoms with van der Waals surface area (Å²) >= 11 is 0. The van der Waals surface area contributed by atoms with Crippen molar-refractivity contribution in [1.29, 1.82) is 0 Å². The van der Waals surface area contributed by atoms with Crippen LogP contribution in [0, 0.1) is 6.92 Å². The van der Waals surface area contributed by atoms with E-state index in [4.69, 9.17) is 4.74 Å². The molecule has 0 saturated carbocycles. The van der Waals surface area contributed by atoms with E-state index in [1.54, 1.807) is 11.0 Å². The van der Waals surface area contributed by atoms with Crippen molar-refractivity contribution in [2.24, 2.45) is 0 Å². The molecule has 0 aliphatic carbocycles. The van der Waals surface area contributed by atoms with Crippen LogP contribution >= 0.6 is 0 Å². The smallest absolute Gasteiger partial charge is 0.181 e. The standard InChI is InChI=1S/C15H19N3O/c1-12(2)19-9-5-8-18-11-16-15(17-18)14-7-4-6-13(3)10-14/h4-8,10-12H,9H2,1-3H3/b8-5-. The molecule has 0 amide bonds. The quantitative estimate of drug-likeness (QED) is 0.826. The lowest BCUT2D eigenvalue weighted by atomic mass is 10.1. The van der Waals surface area contributed by atoms with Crippen LogP contribution in [-0.4, -0.2) is 27.5 Å². The Morgan fingerprint density at radius 3 is 2.95 bits per heavy atom. The number of rotatable bonds is 5. The topological polar surface area (TPSA) is 39.9 Å². The largest absolute Gasteiger partial charge is 0.375 e. The summed E-state index contributed by atoms with van der Waals surface area (Å²) in [6, 6.07) is 8.16. The Morgan fingerprint density at radius 1 is 1.37 bits per heavy atom. The number of aromatic nitrogens is 3. The molecule has 4 heteroatoms. The van der Waals surface area contributed by atoms with Gasteiger partial charge in [-0.3, -0.25) is 0 Å². The van der Waals surface area contributed by atoms with Gasteiger partial charge in [-0.15, -0.1) is 5.10 Å². The van der Waals surface area contributed by atoms with Gasteiger partial charge < -0.3 is 4.74 Å². The van der Waals surface area contributed by atoms with Crippen molar-refractivity contribution in [2.45, 2.75) is 26.9 Å². The zero-order valence-electron chi connectivity index (χ0n) is 11.6. The van der Waals surface area contributed by atoms with Gasteiger partial charge in [0.2, 0.25) is 0 Å². The van der Waals surface area contributed by atoms with E-state index in [-0.39, 0.29) is 6.10 Å². The summed E-state index contributed by atoms with van der Waals surface area (Å²) in [6.45, 7) is 6.67. The lowest BCUT2D eigenvalue weighted by Crippen LogP contribution is -2.01. The van der Waals surface area contributed by atoms with Crippen LogP contribution < -0.4 is 0 Å². The maximum atomic E-state index is 5.42. The maximum Gasteiger partial charge on any atom is 0.181 e. The minimum absolute atomic E-state index is 0.239. The third-order valence-electron chi connectivity index (χ3n) is 2.57. The third-order valence-corrected chi connectivity index (χ3v) is 2.57. The fourth-order valence-electron chi connectivity index (χ4n) is 1.66. The molecule has 0 aliphatic rings. The molecule has 0 atom stereocenters. The average molecular weight is 257 g/mol. The van der Waals surface area contributed by atoms with Crippen LogP contribution in [0.3, 0.4) is 0 Å². The first-order chi connectivity index (χ1) is 9.15. The number of ether oxygens (including phenoxy) is 1. The van der Waals surface area contributed by atoms with Gasteiger partial charge in [-0.05, 0) is 32.9 Å². The summed E-state index contributed by atoms with van der Waals surface area (Å²) in [7, 11) is 0. The van der Waals surface area contributed by atoms with Gasteiger partial charge in [0.25, 0.3) is 0 Å². The van der Waals surface area contributed by atoms with Crippen LogP contribution in [0.4, 0.5) is 0 Å². The van der Waals surface area contributed by atoms with Crippen LogP contribution in [0.2, 0.25) is 0 Å². The summed E-state index contributed by atoms with van der Waals surface area (Å²) in [4.78, 5) is 4.30. The predicted molar refractivity (Wildman–Crippen MR) is 76.6 cm³/mol. The molecule has 0 unspecified atom stereocenters. The van der Waals surface area contributed by atoms with Crippen LogP contribution in [0.5, 0.6) is 0 Å². The first-order valence-corrected chi connectivity index (χ1v) is 6.41. The molecule has 1 aromatic heterocycles. The first kappa shape index (κ1) is 13.5. The van der Waals surface area contributed by atoms with E-state index in [1.807, 2.05) is 38.3 Å². The molecule has 1 aromatic carbocycles. The highest BCUT2D eigenvalue weighted by Gasteiger charge is 2.02. The second kappa shape index (κ2) is 6.29. The van der Waals surface area contributed by atoms with E-state index >= 15 is 0 Å². The Kier molecular flexibility index (Phi) is 4.47. The zero-order chi connectivity index (χ0) is 13.7. The van der Waals surface area contributed by atoms with Gasteiger partial charge in [-0.2, -0.15) is 0 Å². The number of aryl methyl sites for hydroxylation is 1. The molecular weight excluding hydrogens is 238 g/mol. The normalized spacial score (nSPS) is 11.6. The van der Waals surface area contributed by atoms with E-state index in [1.165, 1.54) is 5.56 Å². The summed E-state index contributed by atoms with van der Waals surface area (Å²) in [5.41, 5.74) is 2.24. The monoisotopic (exact) mass is 257 g/mol. The fourth-order valence-corrected chi connectivity index (χ4v) is 1.66. The highest BCUT2D eigenvalue weighted by molar-refractivity contribution is 5.55. The Labute approximate surface area is 113 Å². The van der Waals surface area contributed by atoms with Gasteiger partial charge in [0, 0.05) is 11.8 Å².